The van der Waals surface area contributed by atoms with Gasteiger partial charge in [-0.15, -0.1) is 0 Å². The highest BCUT2D eigenvalue weighted by Crippen LogP contribution is 2.27. The normalized spacial score (nSPS) is 27.2. The summed E-state index contributed by atoms with van der Waals surface area (Å²) in [5.41, 5.74) is 0.920. The van der Waals surface area contributed by atoms with E-state index >= 15 is 0 Å². The minimum absolute atomic E-state index is 0.00862. The van der Waals surface area contributed by atoms with Crippen LogP contribution in [0.3, 0.4) is 0 Å². The first-order valence-corrected chi connectivity index (χ1v) is 5.36. The molecule has 1 fully saturated rings. The average molecular weight is 210 g/mol. The summed E-state index contributed by atoms with van der Waals surface area (Å²) in [4.78, 5) is 4.42. The van der Waals surface area contributed by atoms with Crippen LogP contribution in [0, 0.1) is 0 Å². The van der Waals surface area contributed by atoms with E-state index in [2.05, 4.69) is 31.1 Å². The van der Waals surface area contributed by atoms with E-state index in [9.17, 15) is 5.11 Å². The maximum Gasteiger partial charge on any atom is 0.214 e. The lowest BCUT2D eigenvalue weighted by Crippen LogP contribution is -2.21. The van der Waals surface area contributed by atoms with Gasteiger partial charge in [-0.3, -0.25) is 0 Å². The largest absolute Gasteiger partial charge is 0.447 e. The Kier molecular flexibility index (Phi) is 2.56. The summed E-state index contributed by atoms with van der Waals surface area (Å²) in [5, 5.41) is 12.9. The van der Waals surface area contributed by atoms with Gasteiger partial charge in [0.2, 0.25) is 5.89 Å². The van der Waals surface area contributed by atoms with Crippen molar-refractivity contribution in [3.63, 3.8) is 0 Å². The maximum absolute atomic E-state index is 9.69. The predicted molar refractivity (Wildman–Crippen MR) is 56.6 cm³/mol. The fourth-order valence-corrected chi connectivity index (χ4v) is 1.72. The second-order valence-corrected chi connectivity index (χ2v) is 5.11. The lowest BCUT2D eigenvalue weighted by molar-refractivity contribution is 0.147. The summed E-state index contributed by atoms with van der Waals surface area (Å²) in [6.07, 6.45) is 2.07. The number of nitrogens with one attached hydrogen (secondary N) is 1. The molecule has 1 aliphatic rings. The third-order valence-electron chi connectivity index (χ3n) is 2.75. The molecule has 1 aromatic heterocycles. The van der Waals surface area contributed by atoms with E-state index in [0.29, 0.717) is 5.89 Å². The van der Waals surface area contributed by atoms with E-state index in [-0.39, 0.29) is 17.6 Å². The zero-order chi connectivity index (χ0) is 11.1. The molecule has 15 heavy (non-hydrogen) atoms. The molecule has 4 heteroatoms. The fourth-order valence-electron chi connectivity index (χ4n) is 1.72. The van der Waals surface area contributed by atoms with Crippen molar-refractivity contribution in [2.75, 3.05) is 6.54 Å². The number of rotatable bonds is 1. The molecule has 0 bridgehead atoms. The van der Waals surface area contributed by atoms with Crippen molar-refractivity contribution in [3.8, 4) is 0 Å². The first-order valence-electron chi connectivity index (χ1n) is 5.36. The molecule has 2 heterocycles. The van der Waals surface area contributed by atoms with Crippen LogP contribution in [0.25, 0.3) is 0 Å². The van der Waals surface area contributed by atoms with Crippen LogP contribution in [0.5, 0.6) is 0 Å². The van der Waals surface area contributed by atoms with Gasteiger partial charge in [-0.1, -0.05) is 20.8 Å². The SMILES string of the molecule is CC(C)(C)c1coc(C2NCCC2O)n1. The first kappa shape index (κ1) is 10.6. The molecular formula is C11H18N2O2. The number of hydrogen-bond acceptors (Lipinski definition) is 4. The highest BCUT2D eigenvalue weighted by atomic mass is 16.3. The van der Waals surface area contributed by atoms with E-state index in [1.807, 2.05) is 0 Å². The molecule has 1 aromatic rings. The molecule has 2 unspecified atom stereocenters. The Hall–Kier alpha value is -0.870. The van der Waals surface area contributed by atoms with E-state index < -0.39 is 0 Å². The molecule has 0 aliphatic carbocycles. The minimum atomic E-state index is -0.378. The third-order valence-corrected chi connectivity index (χ3v) is 2.75. The van der Waals surface area contributed by atoms with Gasteiger partial charge in [-0.2, -0.15) is 0 Å². The third kappa shape index (κ3) is 2.06. The van der Waals surface area contributed by atoms with Gasteiger partial charge >= 0.3 is 0 Å². The van der Waals surface area contributed by atoms with Crippen molar-refractivity contribution in [3.05, 3.63) is 17.8 Å². The molecule has 0 spiro atoms. The van der Waals surface area contributed by atoms with Gasteiger partial charge in [-0.05, 0) is 13.0 Å². The molecule has 0 amide bonds. The Morgan fingerprint density at radius 2 is 2.27 bits per heavy atom. The monoisotopic (exact) mass is 210 g/mol. The van der Waals surface area contributed by atoms with Crippen LogP contribution in [0.1, 0.15) is 44.8 Å². The summed E-state index contributed by atoms with van der Waals surface area (Å²) in [6.45, 7) is 7.09. The number of nitrogens with zero attached hydrogens (tertiary/aromatic N) is 1. The van der Waals surface area contributed by atoms with Crippen molar-refractivity contribution in [2.45, 2.75) is 44.8 Å². The Morgan fingerprint density at radius 1 is 1.53 bits per heavy atom. The van der Waals surface area contributed by atoms with Crippen molar-refractivity contribution in [2.24, 2.45) is 0 Å². The predicted octanol–water partition coefficient (Wildman–Crippen LogP) is 1.37. The number of aromatic nitrogens is 1. The van der Waals surface area contributed by atoms with Crippen molar-refractivity contribution < 1.29 is 9.52 Å². The van der Waals surface area contributed by atoms with Crippen molar-refractivity contribution in [1.82, 2.24) is 10.3 Å². The lowest BCUT2D eigenvalue weighted by Gasteiger charge is -2.14. The van der Waals surface area contributed by atoms with Crippen LogP contribution in [0.2, 0.25) is 0 Å². The quantitative estimate of drug-likeness (QED) is 0.735. The average Bonchev–Trinajstić information content (AvgIpc) is 2.69. The molecule has 2 rings (SSSR count). The Balaban J connectivity index is 2.20. The Labute approximate surface area is 89.7 Å². The highest BCUT2D eigenvalue weighted by Gasteiger charge is 2.31. The molecule has 1 saturated heterocycles. The molecule has 84 valence electrons. The van der Waals surface area contributed by atoms with Gasteiger partial charge in [0.15, 0.2) is 0 Å². The van der Waals surface area contributed by atoms with Gasteiger partial charge in [0.05, 0.1) is 11.8 Å². The Morgan fingerprint density at radius 3 is 2.73 bits per heavy atom. The molecule has 4 nitrogen and oxygen atoms in total. The molecular weight excluding hydrogens is 192 g/mol. The van der Waals surface area contributed by atoms with Crippen molar-refractivity contribution >= 4 is 0 Å². The second-order valence-electron chi connectivity index (χ2n) is 5.11. The van der Waals surface area contributed by atoms with Crippen LogP contribution in [0.15, 0.2) is 10.7 Å². The topological polar surface area (TPSA) is 58.3 Å². The number of aliphatic hydroxyl groups is 1. The minimum Gasteiger partial charge on any atom is -0.447 e. The lowest BCUT2D eigenvalue weighted by atomic mass is 9.93. The molecule has 1 aliphatic heterocycles. The summed E-state index contributed by atoms with van der Waals surface area (Å²) in [5.74, 6) is 0.602. The molecule has 0 aromatic carbocycles. The van der Waals surface area contributed by atoms with E-state index in [4.69, 9.17) is 4.42 Å². The van der Waals surface area contributed by atoms with Crippen LogP contribution in [0.4, 0.5) is 0 Å². The van der Waals surface area contributed by atoms with E-state index in [1.54, 1.807) is 6.26 Å². The van der Waals surface area contributed by atoms with Crippen LogP contribution >= 0.6 is 0 Å². The summed E-state index contributed by atoms with van der Waals surface area (Å²) in [6, 6.07) is -0.138. The molecule has 2 N–H and O–H groups in total. The maximum atomic E-state index is 9.69. The second kappa shape index (κ2) is 3.61. The molecule has 0 saturated carbocycles. The standard InChI is InChI=1S/C11H18N2O2/c1-11(2,3)8-6-15-10(13-8)9-7(14)4-5-12-9/h6-7,9,12,14H,4-5H2,1-3H3. The van der Waals surface area contributed by atoms with Crippen molar-refractivity contribution in [1.29, 1.82) is 0 Å². The summed E-state index contributed by atoms with van der Waals surface area (Å²) >= 11 is 0. The van der Waals surface area contributed by atoms with Gasteiger partial charge in [0.1, 0.15) is 12.3 Å². The van der Waals surface area contributed by atoms with Gasteiger partial charge in [0.25, 0.3) is 0 Å². The summed E-state index contributed by atoms with van der Waals surface area (Å²) < 4.78 is 5.41. The van der Waals surface area contributed by atoms with Crippen LogP contribution in [-0.2, 0) is 5.41 Å². The smallest absolute Gasteiger partial charge is 0.214 e. The highest BCUT2D eigenvalue weighted by molar-refractivity contribution is 5.11. The zero-order valence-corrected chi connectivity index (χ0v) is 9.45. The number of aliphatic hydroxyl groups excluding tert-OH is 1. The zero-order valence-electron chi connectivity index (χ0n) is 9.45. The van der Waals surface area contributed by atoms with Crippen LogP contribution < -0.4 is 5.32 Å². The molecule has 0 radical (unpaired) electrons. The Bertz CT molecular complexity index is 341. The fraction of sp³-hybridized carbons (Fsp3) is 0.727. The summed E-state index contributed by atoms with van der Waals surface area (Å²) in [7, 11) is 0. The van der Waals surface area contributed by atoms with E-state index in [1.165, 1.54) is 0 Å². The van der Waals surface area contributed by atoms with Gasteiger partial charge in [0, 0.05) is 5.41 Å². The number of oxazole rings is 1. The van der Waals surface area contributed by atoms with E-state index in [0.717, 1.165) is 18.7 Å². The van der Waals surface area contributed by atoms with Crippen LogP contribution in [-0.4, -0.2) is 22.7 Å². The first-order chi connectivity index (χ1) is 6.98. The van der Waals surface area contributed by atoms with Gasteiger partial charge < -0.3 is 14.8 Å². The number of hydrogen-bond donors (Lipinski definition) is 2. The van der Waals surface area contributed by atoms with Gasteiger partial charge in [-0.25, -0.2) is 4.98 Å². The molecule has 2 atom stereocenters.